The molecule has 2 heteroatoms. The van der Waals surface area contributed by atoms with Crippen LogP contribution >= 0.6 is 0 Å². The Morgan fingerprint density at radius 3 is 2.69 bits per heavy atom. The molecule has 0 aliphatic heterocycles. The van der Waals surface area contributed by atoms with Gasteiger partial charge in [0.15, 0.2) is 0 Å². The second-order valence-corrected chi connectivity index (χ2v) is 3.04. The third-order valence-corrected chi connectivity index (χ3v) is 1.98. The summed E-state index contributed by atoms with van der Waals surface area (Å²) < 4.78 is 0. The van der Waals surface area contributed by atoms with Crippen LogP contribution in [0.1, 0.15) is 32.0 Å². The van der Waals surface area contributed by atoms with E-state index in [1.165, 1.54) is 0 Å². The van der Waals surface area contributed by atoms with E-state index >= 15 is 0 Å². The highest BCUT2D eigenvalue weighted by Gasteiger charge is 2.04. The minimum Gasteiger partial charge on any atom is -0.244 e. The Kier molecular flexibility index (Phi) is 2.96. The Bertz CT molecular complexity index is 351. The predicted octanol–water partition coefficient (Wildman–Crippen LogP) is 2.93. The van der Waals surface area contributed by atoms with Gasteiger partial charge in [-0.05, 0) is 31.9 Å². The summed E-state index contributed by atoms with van der Waals surface area (Å²) in [4.78, 5) is 8.21. The van der Waals surface area contributed by atoms with Crippen LogP contribution in [-0.4, -0.2) is 9.97 Å². The Hall–Kier alpha value is -1.44. The SMILES string of the molecule is C=C(C)c1cncnc1/C(C)=C\C. The standard InChI is InChI=1S/C11H14N2/c1-5-9(4)11-10(8(2)3)6-12-7-13-11/h5-7H,2H2,1,3-4H3/b9-5-. The van der Waals surface area contributed by atoms with Gasteiger partial charge in [0.2, 0.25) is 0 Å². The molecule has 68 valence electrons. The Labute approximate surface area is 79.0 Å². The number of allylic oxidation sites excluding steroid dienone is 3. The molecule has 0 aliphatic rings. The fourth-order valence-corrected chi connectivity index (χ4v) is 1.09. The highest BCUT2D eigenvalue weighted by Crippen LogP contribution is 2.20. The molecular weight excluding hydrogens is 160 g/mol. The van der Waals surface area contributed by atoms with Crippen LogP contribution in [0.4, 0.5) is 0 Å². The molecule has 0 saturated carbocycles. The third kappa shape index (κ3) is 2.02. The van der Waals surface area contributed by atoms with Crippen molar-refractivity contribution in [2.75, 3.05) is 0 Å². The van der Waals surface area contributed by atoms with Crippen LogP contribution in [0.2, 0.25) is 0 Å². The van der Waals surface area contributed by atoms with Crippen LogP contribution in [-0.2, 0) is 0 Å². The fraction of sp³-hybridized carbons (Fsp3) is 0.273. The summed E-state index contributed by atoms with van der Waals surface area (Å²) in [5.74, 6) is 0. The van der Waals surface area contributed by atoms with E-state index < -0.39 is 0 Å². The predicted molar refractivity (Wildman–Crippen MR) is 56.1 cm³/mol. The molecule has 13 heavy (non-hydrogen) atoms. The van der Waals surface area contributed by atoms with Gasteiger partial charge in [0.1, 0.15) is 6.33 Å². The Morgan fingerprint density at radius 2 is 2.15 bits per heavy atom. The van der Waals surface area contributed by atoms with E-state index in [4.69, 9.17) is 0 Å². The number of aromatic nitrogens is 2. The first-order valence-electron chi connectivity index (χ1n) is 4.26. The monoisotopic (exact) mass is 174 g/mol. The van der Waals surface area contributed by atoms with Gasteiger partial charge < -0.3 is 0 Å². The minimum atomic E-state index is 0.977. The first-order valence-corrected chi connectivity index (χ1v) is 4.26. The lowest BCUT2D eigenvalue weighted by molar-refractivity contribution is 1.12. The topological polar surface area (TPSA) is 25.8 Å². The normalized spacial score (nSPS) is 11.5. The average Bonchev–Trinajstić information content (AvgIpc) is 2.16. The quantitative estimate of drug-likeness (QED) is 0.689. The van der Waals surface area contributed by atoms with Crippen LogP contribution in [0.5, 0.6) is 0 Å². The van der Waals surface area contributed by atoms with Crippen molar-refractivity contribution in [3.8, 4) is 0 Å². The van der Waals surface area contributed by atoms with Crippen molar-refractivity contribution in [1.29, 1.82) is 0 Å². The van der Waals surface area contributed by atoms with Crippen LogP contribution in [0, 0.1) is 0 Å². The van der Waals surface area contributed by atoms with Crippen molar-refractivity contribution in [1.82, 2.24) is 9.97 Å². The van der Waals surface area contributed by atoms with Crippen molar-refractivity contribution in [3.63, 3.8) is 0 Å². The summed E-state index contributed by atoms with van der Waals surface area (Å²) in [6.45, 7) is 9.90. The largest absolute Gasteiger partial charge is 0.244 e. The van der Waals surface area contributed by atoms with E-state index in [1.807, 2.05) is 26.8 Å². The molecule has 0 saturated heterocycles. The van der Waals surface area contributed by atoms with Gasteiger partial charge in [-0.3, -0.25) is 0 Å². The molecule has 0 atom stereocenters. The molecule has 1 heterocycles. The van der Waals surface area contributed by atoms with Crippen LogP contribution < -0.4 is 0 Å². The van der Waals surface area contributed by atoms with E-state index in [2.05, 4.69) is 16.5 Å². The van der Waals surface area contributed by atoms with Crippen LogP contribution in [0.3, 0.4) is 0 Å². The van der Waals surface area contributed by atoms with Gasteiger partial charge >= 0.3 is 0 Å². The molecule has 2 nitrogen and oxygen atoms in total. The lowest BCUT2D eigenvalue weighted by Crippen LogP contribution is -1.94. The number of rotatable bonds is 2. The zero-order chi connectivity index (χ0) is 9.84. The second kappa shape index (κ2) is 3.99. The summed E-state index contributed by atoms with van der Waals surface area (Å²) in [5, 5.41) is 0. The van der Waals surface area contributed by atoms with E-state index in [0.29, 0.717) is 0 Å². The van der Waals surface area contributed by atoms with Crippen molar-refractivity contribution in [2.24, 2.45) is 0 Å². The van der Waals surface area contributed by atoms with E-state index in [0.717, 1.165) is 22.4 Å². The van der Waals surface area contributed by atoms with Crippen molar-refractivity contribution >= 4 is 11.1 Å². The summed E-state index contributed by atoms with van der Waals surface area (Å²) in [6, 6.07) is 0. The molecular formula is C11H14N2. The van der Waals surface area contributed by atoms with Crippen molar-refractivity contribution in [3.05, 3.63) is 36.4 Å². The first-order chi connectivity index (χ1) is 6.16. The molecule has 0 amide bonds. The number of hydrogen-bond donors (Lipinski definition) is 0. The molecule has 0 fully saturated rings. The zero-order valence-electron chi connectivity index (χ0n) is 8.33. The number of nitrogens with zero attached hydrogens (tertiary/aromatic N) is 2. The fourth-order valence-electron chi connectivity index (χ4n) is 1.09. The molecule has 1 aromatic rings. The molecule has 0 N–H and O–H groups in total. The first kappa shape index (κ1) is 9.65. The minimum absolute atomic E-state index is 0.977. The molecule has 1 aromatic heterocycles. The third-order valence-electron chi connectivity index (χ3n) is 1.98. The zero-order valence-corrected chi connectivity index (χ0v) is 8.33. The molecule has 0 radical (unpaired) electrons. The van der Waals surface area contributed by atoms with E-state index in [1.54, 1.807) is 12.5 Å². The van der Waals surface area contributed by atoms with Gasteiger partial charge in [-0.25, -0.2) is 9.97 Å². The molecule has 0 spiro atoms. The summed E-state index contributed by atoms with van der Waals surface area (Å²) in [5.41, 5.74) is 4.15. The van der Waals surface area contributed by atoms with Gasteiger partial charge in [0, 0.05) is 11.8 Å². The second-order valence-electron chi connectivity index (χ2n) is 3.04. The molecule has 0 bridgehead atoms. The van der Waals surface area contributed by atoms with Gasteiger partial charge in [0.05, 0.1) is 5.69 Å². The van der Waals surface area contributed by atoms with Gasteiger partial charge in [-0.2, -0.15) is 0 Å². The molecule has 0 aliphatic carbocycles. The average molecular weight is 174 g/mol. The summed E-state index contributed by atoms with van der Waals surface area (Å²) in [6.07, 6.45) is 5.40. The lowest BCUT2D eigenvalue weighted by Gasteiger charge is -2.06. The number of hydrogen-bond acceptors (Lipinski definition) is 2. The summed E-state index contributed by atoms with van der Waals surface area (Å²) >= 11 is 0. The molecule has 0 unspecified atom stereocenters. The van der Waals surface area contributed by atoms with Gasteiger partial charge in [-0.15, -0.1) is 0 Å². The van der Waals surface area contributed by atoms with Gasteiger partial charge in [-0.1, -0.05) is 12.7 Å². The maximum absolute atomic E-state index is 4.23. The maximum atomic E-state index is 4.23. The van der Waals surface area contributed by atoms with Crippen molar-refractivity contribution < 1.29 is 0 Å². The Morgan fingerprint density at radius 1 is 1.46 bits per heavy atom. The van der Waals surface area contributed by atoms with Crippen LogP contribution in [0.15, 0.2) is 25.2 Å². The van der Waals surface area contributed by atoms with Crippen LogP contribution in [0.25, 0.3) is 11.1 Å². The maximum Gasteiger partial charge on any atom is 0.116 e. The van der Waals surface area contributed by atoms with Crippen molar-refractivity contribution in [2.45, 2.75) is 20.8 Å². The highest BCUT2D eigenvalue weighted by atomic mass is 14.8. The summed E-state index contributed by atoms with van der Waals surface area (Å²) in [7, 11) is 0. The molecule has 1 rings (SSSR count). The molecule has 0 aromatic carbocycles. The van der Waals surface area contributed by atoms with E-state index in [9.17, 15) is 0 Å². The van der Waals surface area contributed by atoms with E-state index in [-0.39, 0.29) is 0 Å². The smallest absolute Gasteiger partial charge is 0.116 e. The highest BCUT2D eigenvalue weighted by molar-refractivity contribution is 5.74. The Balaban J connectivity index is 3.28. The lowest BCUT2D eigenvalue weighted by atomic mass is 10.0. The van der Waals surface area contributed by atoms with Gasteiger partial charge in [0.25, 0.3) is 0 Å².